The minimum atomic E-state index is -0.00713. The van der Waals surface area contributed by atoms with Crippen molar-refractivity contribution in [2.45, 2.75) is 6.54 Å². The van der Waals surface area contributed by atoms with Crippen LogP contribution in [0.5, 0.6) is 0 Å². The first kappa shape index (κ1) is 11.7. The molecule has 0 radical (unpaired) electrons. The summed E-state index contributed by atoms with van der Waals surface area (Å²) in [6.07, 6.45) is 0. The minimum absolute atomic E-state index is 0.00713. The van der Waals surface area contributed by atoms with Crippen LogP contribution >= 0.6 is 0 Å². The highest BCUT2D eigenvalue weighted by molar-refractivity contribution is 5.77. The molecule has 1 aromatic carbocycles. The highest BCUT2D eigenvalue weighted by atomic mass is 16.1. The highest BCUT2D eigenvalue weighted by Crippen LogP contribution is 1.96. The van der Waals surface area contributed by atoms with E-state index < -0.39 is 0 Å². The SMILES string of the molecule is NCCNCC(=O)NCc1ccccc1. The Morgan fingerprint density at radius 2 is 2.00 bits per heavy atom. The van der Waals surface area contributed by atoms with Gasteiger partial charge in [0.25, 0.3) is 0 Å². The quantitative estimate of drug-likeness (QED) is 0.568. The molecule has 4 heteroatoms. The topological polar surface area (TPSA) is 67.1 Å². The Morgan fingerprint density at radius 1 is 1.27 bits per heavy atom. The molecule has 4 nitrogen and oxygen atoms in total. The molecule has 15 heavy (non-hydrogen) atoms. The summed E-state index contributed by atoms with van der Waals surface area (Å²) in [5.41, 5.74) is 6.39. The number of carbonyl (C=O) groups is 1. The van der Waals surface area contributed by atoms with Crippen LogP contribution in [0.15, 0.2) is 30.3 Å². The van der Waals surface area contributed by atoms with E-state index >= 15 is 0 Å². The van der Waals surface area contributed by atoms with Gasteiger partial charge in [0, 0.05) is 19.6 Å². The van der Waals surface area contributed by atoms with Gasteiger partial charge in [-0.25, -0.2) is 0 Å². The molecule has 4 N–H and O–H groups in total. The maximum absolute atomic E-state index is 11.3. The summed E-state index contributed by atoms with van der Waals surface area (Å²) < 4.78 is 0. The smallest absolute Gasteiger partial charge is 0.234 e. The van der Waals surface area contributed by atoms with Gasteiger partial charge in [-0.15, -0.1) is 0 Å². The Labute approximate surface area is 89.9 Å². The number of nitrogens with two attached hydrogens (primary N) is 1. The lowest BCUT2D eigenvalue weighted by Crippen LogP contribution is -2.35. The normalized spacial score (nSPS) is 9.93. The van der Waals surface area contributed by atoms with Crippen LogP contribution in [0, 0.1) is 0 Å². The van der Waals surface area contributed by atoms with Gasteiger partial charge in [0.2, 0.25) is 5.91 Å². The van der Waals surface area contributed by atoms with Crippen LogP contribution in [0.4, 0.5) is 0 Å². The third kappa shape index (κ3) is 5.15. The Morgan fingerprint density at radius 3 is 2.67 bits per heavy atom. The average molecular weight is 207 g/mol. The van der Waals surface area contributed by atoms with E-state index in [1.807, 2.05) is 30.3 Å². The number of benzene rings is 1. The van der Waals surface area contributed by atoms with Gasteiger partial charge in [-0.2, -0.15) is 0 Å². The lowest BCUT2D eigenvalue weighted by Gasteiger charge is -2.05. The number of hydrogen-bond acceptors (Lipinski definition) is 3. The first-order valence-corrected chi connectivity index (χ1v) is 5.04. The molecule has 0 fully saturated rings. The zero-order valence-corrected chi connectivity index (χ0v) is 8.70. The largest absolute Gasteiger partial charge is 0.351 e. The van der Waals surface area contributed by atoms with Gasteiger partial charge >= 0.3 is 0 Å². The average Bonchev–Trinajstić information content (AvgIpc) is 2.28. The second kappa shape index (κ2) is 6.98. The first-order chi connectivity index (χ1) is 7.33. The molecule has 0 unspecified atom stereocenters. The first-order valence-electron chi connectivity index (χ1n) is 5.04. The summed E-state index contributed by atoms with van der Waals surface area (Å²) in [6, 6.07) is 9.82. The molecule has 0 atom stereocenters. The number of amides is 1. The molecule has 0 saturated heterocycles. The van der Waals surface area contributed by atoms with Gasteiger partial charge in [0.1, 0.15) is 0 Å². The van der Waals surface area contributed by atoms with Gasteiger partial charge in [-0.3, -0.25) is 4.79 Å². The predicted molar refractivity (Wildman–Crippen MR) is 60.2 cm³/mol. The van der Waals surface area contributed by atoms with Crippen molar-refractivity contribution in [2.75, 3.05) is 19.6 Å². The van der Waals surface area contributed by atoms with E-state index in [0.717, 1.165) is 5.56 Å². The van der Waals surface area contributed by atoms with Crippen molar-refractivity contribution in [3.05, 3.63) is 35.9 Å². The van der Waals surface area contributed by atoms with Crippen molar-refractivity contribution in [2.24, 2.45) is 5.73 Å². The number of hydrogen-bond donors (Lipinski definition) is 3. The maximum atomic E-state index is 11.3. The van der Waals surface area contributed by atoms with E-state index in [1.54, 1.807) is 0 Å². The van der Waals surface area contributed by atoms with E-state index in [1.165, 1.54) is 0 Å². The van der Waals surface area contributed by atoms with Crippen molar-refractivity contribution < 1.29 is 4.79 Å². The zero-order chi connectivity index (χ0) is 10.9. The molecular weight excluding hydrogens is 190 g/mol. The third-order valence-corrected chi connectivity index (χ3v) is 1.94. The van der Waals surface area contributed by atoms with E-state index in [0.29, 0.717) is 26.2 Å². The van der Waals surface area contributed by atoms with Crippen LogP contribution in [-0.2, 0) is 11.3 Å². The summed E-state index contributed by atoms with van der Waals surface area (Å²) in [7, 11) is 0. The maximum Gasteiger partial charge on any atom is 0.234 e. The fraction of sp³-hybridized carbons (Fsp3) is 0.364. The van der Waals surface area contributed by atoms with Crippen LogP contribution in [0.1, 0.15) is 5.56 Å². The van der Waals surface area contributed by atoms with Crippen LogP contribution in [0.3, 0.4) is 0 Å². The molecule has 0 spiro atoms. The standard InChI is InChI=1S/C11H17N3O/c12-6-7-13-9-11(15)14-8-10-4-2-1-3-5-10/h1-5,13H,6-9,12H2,(H,14,15). The minimum Gasteiger partial charge on any atom is -0.351 e. The van der Waals surface area contributed by atoms with Gasteiger partial charge < -0.3 is 16.4 Å². The molecule has 1 rings (SSSR count). The highest BCUT2D eigenvalue weighted by Gasteiger charge is 1.99. The lowest BCUT2D eigenvalue weighted by molar-refractivity contribution is -0.120. The van der Waals surface area contributed by atoms with Crippen molar-refractivity contribution in [3.8, 4) is 0 Å². The fourth-order valence-corrected chi connectivity index (χ4v) is 1.16. The van der Waals surface area contributed by atoms with Crippen molar-refractivity contribution in [3.63, 3.8) is 0 Å². The molecule has 0 aliphatic carbocycles. The van der Waals surface area contributed by atoms with Crippen LogP contribution in [0.25, 0.3) is 0 Å². The molecule has 0 heterocycles. The van der Waals surface area contributed by atoms with Gasteiger partial charge in [-0.1, -0.05) is 30.3 Å². The van der Waals surface area contributed by atoms with E-state index in [-0.39, 0.29) is 5.91 Å². The Bertz CT molecular complexity index is 287. The Kier molecular flexibility index (Phi) is 5.43. The van der Waals surface area contributed by atoms with Crippen LogP contribution in [-0.4, -0.2) is 25.5 Å². The van der Waals surface area contributed by atoms with Crippen molar-refractivity contribution in [1.82, 2.24) is 10.6 Å². The lowest BCUT2D eigenvalue weighted by atomic mass is 10.2. The van der Waals surface area contributed by atoms with Crippen LogP contribution < -0.4 is 16.4 Å². The molecule has 0 saturated carbocycles. The monoisotopic (exact) mass is 207 g/mol. The van der Waals surface area contributed by atoms with Gasteiger partial charge in [0.05, 0.1) is 6.54 Å². The second-order valence-electron chi connectivity index (χ2n) is 3.23. The molecule has 1 aromatic rings. The van der Waals surface area contributed by atoms with Crippen molar-refractivity contribution in [1.29, 1.82) is 0 Å². The summed E-state index contributed by atoms with van der Waals surface area (Å²) >= 11 is 0. The molecule has 0 aliphatic rings. The Balaban J connectivity index is 2.17. The fourth-order valence-electron chi connectivity index (χ4n) is 1.16. The molecule has 82 valence electrons. The summed E-state index contributed by atoms with van der Waals surface area (Å²) in [5, 5.41) is 5.75. The van der Waals surface area contributed by atoms with Gasteiger partial charge in [0.15, 0.2) is 0 Å². The molecule has 0 aliphatic heterocycles. The molecule has 0 bridgehead atoms. The molecule has 1 amide bonds. The zero-order valence-electron chi connectivity index (χ0n) is 8.70. The van der Waals surface area contributed by atoms with E-state index in [9.17, 15) is 4.79 Å². The summed E-state index contributed by atoms with van der Waals surface area (Å²) in [5.74, 6) is -0.00713. The molecular formula is C11H17N3O. The van der Waals surface area contributed by atoms with Gasteiger partial charge in [-0.05, 0) is 5.56 Å². The predicted octanol–water partition coefficient (Wildman–Crippen LogP) is -0.149. The summed E-state index contributed by atoms with van der Waals surface area (Å²) in [4.78, 5) is 11.3. The van der Waals surface area contributed by atoms with E-state index in [2.05, 4.69) is 10.6 Å². The third-order valence-electron chi connectivity index (χ3n) is 1.94. The summed E-state index contributed by atoms with van der Waals surface area (Å²) in [6.45, 7) is 2.11. The van der Waals surface area contributed by atoms with Crippen molar-refractivity contribution >= 4 is 5.91 Å². The molecule has 0 aromatic heterocycles. The number of nitrogens with one attached hydrogen (secondary N) is 2. The second-order valence-corrected chi connectivity index (χ2v) is 3.23. The Hall–Kier alpha value is -1.39. The number of carbonyl (C=O) groups excluding carboxylic acids is 1. The number of rotatable bonds is 6. The van der Waals surface area contributed by atoms with Crippen LogP contribution in [0.2, 0.25) is 0 Å². The van der Waals surface area contributed by atoms with E-state index in [4.69, 9.17) is 5.73 Å².